The monoisotopic (exact) mass is 1790 g/mol. The predicted molar refractivity (Wildman–Crippen MR) is 493 cm³/mol. The molecule has 0 saturated carbocycles. The van der Waals surface area contributed by atoms with Gasteiger partial charge >= 0.3 is 23.9 Å². The molecule has 0 aliphatic carbocycles. The van der Waals surface area contributed by atoms with Crippen LogP contribution in [-0.2, 0) is 83.2 Å². The van der Waals surface area contributed by atoms with Gasteiger partial charge in [-0.2, -0.15) is 0 Å². The van der Waals surface area contributed by atoms with Crippen molar-refractivity contribution >= 4 is 87.6 Å². The minimum atomic E-state index is -1.19. The Morgan fingerprint density at radius 3 is 0.901 bits per heavy atom. The molecule has 1 aromatic heterocycles. The van der Waals surface area contributed by atoms with Crippen LogP contribution in [0.1, 0.15) is 156 Å². The van der Waals surface area contributed by atoms with Crippen LogP contribution in [0.5, 0.6) is 17.2 Å². The van der Waals surface area contributed by atoms with Crippen LogP contribution in [-0.4, -0.2) is 162 Å². The molecule has 676 valence electrons. The van der Waals surface area contributed by atoms with Gasteiger partial charge in [0.2, 0.25) is 47.3 Å². The molecule has 5 heterocycles. The molecule has 15 rings (SSSR count). The maximum absolute atomic E-state index is 13.4. The van der Waals surface area contributed by atoms with Crippen molar-refractivity contribution in [2.24, 2.45) is 22.7 Å². The highest BCUT2D eigenvalue weighted by Gasteiger charge is 2.64. The molecular formula is C105H106N6O19S. The topological polar surface area (TPSA) is 365 Å². The minimum absolute atomic E-state index is 0.0120. The fourth-order valence-corrected chi connectivity index (χ4v) is 18.4. The Kier molecular flexibility index (Phi) is 32.1. The molecule has 0 unspecified atom stereocenters. The van der Waals surface area contributed by atoms with Crippen molar-refractivity contribution in [3.05, 3.63) is 352 Å². The molecule has 8 amide bonds. The SMILES string of the molecule is COc1ccc(CC[C@@]2(C)C(=O)N(C(=O)CC(c3ccccc3)c3ccccc3)[C@@H]2C(=O)O)cc1.COc1ccc(CC[C@@]2(C)C(=O)N(C(=O)C[C@H](C)c3ccccc3)[C@@H]2C(=O)O)cc1.COc1ccc(CC[C@H]2C(=O)N(C(=O)CC(c3ccccc3)c3ccccc3)[C@@H]2C(=O)O)cc1.Nc1ncc(CC[C@H]2C(=O)N(C(=O)CC(c3ccccc3)c3ccccc3)[C@@H]2C(=O)O)s1. The number of β-lactam (4-membered cyclic amide) rings is 4. The Hall–Kier alpha value is -14.5. The molecule has 26 heteroatoms. The molecule has 0 radical (unpaired) electrons. The standard InChI is InChI=1S/C29H29NO5.C28H27NO5.C24H23N3O4S.C24H27NO5/c1-29(18-17-20-13-15-23(35-2)16-14-20)26(27(32)33)30(28(29)34)25(31)19-24(21-9-5-3-6-10-21)22-11-7-4-8-12-22;1-34-22-15-12-19(13-16-22)14-17-23-26(28(32)33)29(27(23)31)25(30)18-24(20-8-4-2-5-9-20)21-10-6-3-7-11-21;25-24-26-14-17(32-24)11-12-18-21(23(30)31)27(22(18)29)20(28)13-19(15-7-3-1-4-8-15)16-9-5-2-6-10-16;1-16(18-7-5-4-6-8-18)15-20(26)25-21(22(27)28)24(2,23(25)29)14-13-17-9-11-19(30-3)12-10-17/h3-16,24,26H,17-19H2,1-2H3,(H,32,33);2-13,15-16,23-24,26H,14,17-18H2,1H3,(H,32,33);1-10,14,18-19,21H,11-13H2,(H2,25,26)(H,30,31);4-12,16,21H,13-15H2,1-3H3,(H,27,28)/t26-,29-;23-,26+;18-,21+;16-,21+,24+/m1110/s1. The first-order valence-electron chi connectivity index (χ1n) is 43.4. The molecule has 0 bridgehead atoms. The van der Waals surface area contributed by atoms with E-state index in [1.807, 2.05) is 292 Å². The maximum atomic E-state index is 13.4. The van der Waals surface area contributed by atoms with Gasteiger partial charge < -0.3 is 40.4 Å². The first-order chi connectivity index (χ1) is 63.1. The van der Waals surface area contributed by atoms with E-state index in [1.165, 1.54) is 11.3 Å². The number of carbonyl (C=O) groups excluding carboxylic acids is 8. The lowest BCUT2D eigenvalue weighted by atomic mass is 9.68. The van der Waals surface area contributed by atoms with Crippen LogP contribution < -0.4 is 19.9 Å². The zero-order chi connectivity index (χ0) is 93.6. The number of ether oxygens (including phenoxy) is 3. The number of carbonyl (C=O) groups is 12. The van der Waals surface area contributed by atoms with Crippen molar-refractivity contribution in [1.29, 1.82) is 0 Å². The van der Waals surface area contributed by atoms with Gasteiger partial charge in [0.25, 0.3) is 0 Å². The van der Waals surface area contributed by atoms with Crippen molar-refractivity contribution in [2.75, 3.05) is 27.1 Å². The van der Waals surface area contributed by atoms with Crippen LogP contribution in [0.2, 0.25) is 0 Å². The molecule has 4 aliphatic heterocycles. The van der Waals surface area contributed by atoms with Crippen LogP contribution >= 0.6 is 11.3 Å². The van der Waals surface area contributed by atoms with E-state index in [0.29, 0.717) is 56.5 Å². The van der Waals surface area contributed by atoms with Gasteiger partial charge in [-0.15, -0.1) is 11.3 Å². The number of imide groups is 4. The number of hydrogen-bond donors (Lipinski definition) is 5. The van der Waals surface area contributed by atoms with Gasteiger partial charge in [-0.3, -0.25) is 58.0 Å². The maximum Gasteiger partial charge on any atom is 0.328 e. The number of likely N-dealkylation sites (tertiary alicyclic amines) is 4. The van der Waals surface area contributed by atoms with Crippen LogP contribution in [0.3, 0.4) is 0 Å². The Morgan fingerprint density at radius 2 is 0.634 bits per heavy atom. The lowest BCUT2D eigenvalue weighted by Gasteiger charge is -2.51. The molecule has 4 fully saturated rings. The fraction of sp³-hybridized carbons (Fsp3) is 0.286. The molecule has 4 saturated heterocycles. The van der Waals surface area contributed by atoms with E-state index in [9.17, 15) is 78.0 Å². The minimum Gasteiger partial charge on any atom is -0.497 e. The quantitative estimate of drug-likeness (QED) is 0.0234. The average Bonchev–Trinajstić information content (AvgIpc) is 0.898. The highest BCUT2D eigenvalue weighted by atomic mass is 32.1. The lowest BCUT2D eigenvalue weighted by molar-refractivity contribution is -0.188. The Bertz CT molecular complexity index is 5690. The zero-order valence-electron chi connectivity index (χ0n) is 73.6. The van der Waals surface area contributed by atoms with E-state index in [0.717, 1.165) is 97.4 Å². The van der Waals surface area contributed by atoms with E-state index in [-0.39, 0.29) is 49.4 Å². The number of aryl methyl sites for hydroxylation is 4. The number of carboxylic acids is 4. The average molecular weight is 1790 g/mol. The molecule has 4 aliphatic rings. The van der Waals surface area contributed by atoms with Crippen molar-refractivity contribution in [1.82, 2.24) is 24.6 Å². The number of anilines is 1. The number of aromatic nitrogens is 1. The van der Waals surface area contributed by atoms with Crippen LogP contribution in [0.4, 0.5) is 5.13 Å². The molecular weight excluding hydrogens is 1680 g/mol. The number of nitrogens with zero attached hydrogens (tertiary/aromatic N) is 5. The first kappa shape index (κ1) is 95.6. The highest BCUT2D eigenvalue weighted by molar-refractivity contribution is 7.15. The fourth-order valence-electron chi connectivity index (χ4n) is 17.7. The van der Waals surface area contributed by atoms with Crippen molar-refractivity contribution in [3.63, 3.8) is 0 Å². The second-order valence-electron chi connectivity index (χ2n) is 33.5. The number of aliphatic carboxylic acids is 4. The van der Waals surface area contributed by atoms with Crippen LogP contribution in [0.15, 0.2) is 291 Å². The number of rotatable bonds is 34. The summed E-state index contributed by atoms with van der Waals surface area (Å²) in [5.41, 5.74) is 12.9. The third-order valence-corrected chi connectivity index (χ3v) is 26.1. The highest BCUT2D eigenvalue weighted by Crippen LogP contribution is 2.47. The number of hydrogen-bond acceptors (Lipinski definition) is 18. The molecule has 6 N–H and O–H groups in total. The molecule has 25 nitrogen and oxygen atoms in total. The summed E-state index contributed by atoms with van der Waals surface area (Å²) in [6.07, 6.45) is 5.26. The van der Waals surface area contributed by atoms with Gasteiger partial charge in [-0.1, -0.05) is 256 Å². The summed E-state index contributed by atoms with van der Waals surface area (Å²) in [4.78, 5) is 161. The normalized spacial score (nSPS) is 19.0. The van der Waals surface area contributed by atoms with Crippen molar-refractivity contribution in [3.8, 4) is 17.2 Å². The van der Waals surface area contributed by atoms with Crippen LogP contribution in [0, 0.1) is 22.7 Å². The van der Waals surface area contributed by atoms with E-state index in [1.54, 1.807) is 41.4 Å². The number of nitrogens with two attached hydrogens (primary N) is 1. The predicted octanol–water partition coefficient (Wildman–Crippen LogP) is 15.9. The van der Waals surface area contributed by atoms with E-state index >= 15 is 0 Å². The second kappa shape index (κ2) is 44.0. The van der Waals surface area contributed by atoms with Crippen LogP contribution in [0.25, 0.3) is 0 Å². The zero-order valence-corrected chi connectivity index (χ0v) is 74.4. The number of thiazole rings is 1. The summed E-state index contributed by atoms with van der Waals surface area (Å²) in [7, 11) is 4.77. The third kappa shape index (κ3) is 22.6. The molecule has 131 heavy (non-hydrogen) atoms. The number of amides is 8. The Morgan fingerprint density at radius 1 is 0.366 bits per heavy atom. The van der Waals surface area contributed by atoms with Gasteiger partial charge in [0.15, 0.2) is 17.2 Å². The summed E-state index contributed by atoms with van der Waals surface area (Å²) in [5.74, 6) is -8.32. The smallest absolute Gasteiger partial charge is 0.328 e. The lowest BCUT2D eigenvalue weighted by Crippen LogP contribution is -2.72. The largest absolute Gasteiger partial charge is 0.497 e. The summed E-state index contributed by atoms with van der Waals surface area (Å²) < 4.78 is 15.5. The van der Waals surface area contributed by atoms with Gasteiger partial charge in [0.1, 0.15) is 29.3 Å². The summed E-state index contributed by atoms with van der Waals surface area (Å²) >= 11 is 1.31. The van der Waals surface area contributed by atoms with E-state index in [2.05, 4.69) is 4.98 Å². The van der Waals surface area contributed by atoms with E-state index in [4.69, 9.17) is 19.9 Å². The second-order valence-corrected chi connectivity index (χ2v) is 34.6. The summed E-state index contributed by atoms with van der Waals surface area (Å²) in [5, 5.41) is 39.7. The molecule has 10 aromatic carbocycles. The first-order valence-corrected chi connectivity index (χ1v) is 44.2. The van der Waals surface area contributed by atoms with E-state index < -0.39 is 118 Å². The molecule has 11 aromatic rings. The number of methoxy groups -OCH3 is 3. The Balaban J connectivity index is 0.000000158. The third-order valence-electron chi connectivity index (χ3n) is 25.2. The van der Waals surface area contributed by atoms with Gasteiger partial charge in [-0.05, 0) is 163 Å². The molecule has 0 spiro atoms. The summed E-state index contributed by atoms with van der Waals surface area (Å²) in [6, 6.07) is 84.7. The Labute approximate surface area is 764 Å². The number of carboxylic acid groups (broad SMARTS) is 4. The van der Waals surface area contributed by atoms with Gasteiger partial charge in [0.05, 0.1) is 44.0 Å². The molecule has 9 atom stereocenters. The van der Waals surface area contributed by atoms with Crippen molar-refractivity contribution < 1.29 is 92.2 Å². The summed E-state index contributed by atoms with van der Waals surface area (Å²) in [6.45, 7) is 5.19. The number of benzene rings is 10. The van der Waals surface area contributed by atoms with Gasteiger partial charge in [0, 0.05) is 54.5 Å². The van der Waals surface area contributed by atoms with Gasteiger partial charge in [-0.25, -0.2) is 24.2 Å². The number of nitrogen functional groups attached to an aromatic ring is 1. The van der Waals surface area contributed by atoms with Crippen molar-refractivity contribution in [2.45, 2.75) is 146 Å².